The Labute approximate surface area is 136 Å². The Morgan fingerprint density at radius 3 is 2.52 bits per heavy atom. The van der Waals surface area contributed by atoms with Crippen molar-refractivity contribution in [3.8, 4) is 11.5 Å². The number of hydrogen-bond acceptors (Lipinski definition) is 2. The van der Waals surface area contributed by atoms with E-state index >= 15 is 0 Å². The molecule has 1 heterocycles. The monoisotopic (exact) mass is 370 g/mol. The smallest absolute Gasteiger partial charge is 0.161 e. The summed E-state index contributed by atoms with van der Waals surface area (Å²) >= 11 is 9.76. The number of fused-ring (bicyclic) bond motifs is 1. The fourth-order valence-electron chi connectivity index (χ4n) is 2.25. The van der Waals surface area contributed by atoms with E-state index in [2.05, 4.69) is 15.9 Å². The van der Waals surface area contributed by atoms with Gasteiger partial charge in [0.05, 0.1) is 18.6 Å². The Morgan fingerprint density at radius 2 is 1.76 bits per heavy atom. The highest BCUT2D eigenvalue weighted by Crippen LogP contribution is 2.37. The zero-order chi connectivity index (χ0) is 14.8. The highest BCUT2D eigenvalue weighted by atomic mass is 79.9. The number of alkyl halides is 1. The van der Waals surface area contributed by atoms with E-state index in [1.165, 1.54) is 12.1 Å². The molecule has 0 bridgehead atoms. The summed E-state index contributed by atoms with van der Waals surface area (Å²) in [7, 11) is 0. The third-order valence-corrected chi connectivity index (χ3v) is 4.20. The van der Waals surface area contributed by atoms with Gasteiger partial charge < -0.3 is 9.47 Å². The van der Waals surface area contributed by atoms with Crippen LogP contribution in [0.2, 0.25) is 0 Å². The summed E-state index contributed by atoms with van der Waals surface area (Å²) in [6.45, 7) is 1.27. The second-order valence-corrected chi connectivity index (χ2v) is 6.17. The first kappa shape index (κ1) is 14.7. The highest BCUT2D eigenvalue weighted by molar-refractivity contribution is 9.10. The summed E-state index contributed by atoms with van der Waals surface area (Å²) in [5, 5.41) is -0.450. The second-order valence-electron chi connectivity index (χ2n) is 4.82. The summed E-state index contributed by atoms with van der Waals surface area (Å²) in [6.07, 6.45) is 0.852. The van der Waals surface area contributed by atoms with Crippen molar-refractivity contribution in [3.63, 3.8) is 0 Å². The molecule has 0 aromatic heterocycles. The van der Waals surface area contributed by atoms with Crippen molar-refractivity contribution in [2.24, 2.45) is 0 Å². The largest absolute Gasteiger partial charge is 0.490 e. The fraction of sp³-hybridized carbons (Fsp3) is 0.250. The van der Waals surface area contributed by atoms with Crippen LogP contribution in [0.25, 0.3) is 0 Å². The van der Waals surface area contributed by atoms with Crippen molar-refractivity contribution in [2.45, 2.75) is 11.8 Å². The molecule has 0 fully saturated rings. The van der Waals surface area contributed by atoms with Gasteiger partial charge in [-0.2, -0.15) is 0 Å². The summed E-state index contributed by atoms with van der Waals surface area (Å²) in [5.41, 5.74) is 1.54. The lowest BCUT2D eigenvalue weighted by molar-refractivity contribution is 0.297. The van der Waals surface area contributed by atoms with Gasteiger partial charge in [0.15, 0.2) is 11.5 Å². The molecule has 110 valence electrons. The standard InChI is InChI=1S/C16H13BrClFO2/c17-12-6-11(7-13(19)9-12)16(18)10-2-3-14-15(8-10)21-5-1-4-20-14/h2-3,6-9,16H,1,4-5H2. The van der Waals surface area contributed by atoms with Crippen molar-refractivity contribution in [2.75, 3.05) is 13.2 Å². The number of hydrogen-bond donors (Lipinski definition) is 0. The quantitative estimate of drug-likeness (QED) is 0.686. The Bertz CT molecular complexity index is 642. The molecule has 0 radical (unpaired) electrons. The minimum absolute atomic E-state index is 0.320. The van der Waals surface area contributed by atoms with E-state index in [1.807, 2.05) is 24.3 Å². The van der Waals surface area contributed by atoms with E-state index < -0.39 is 5.38 Å². The highest BCUT2D eigenvalue weighted by Gasteiger charge is 2.17. The lowest BCUT2D eigenvalue weighted by Crippen LogP contribution is -1.98. The Kier molecular flexibility index (Phi) is 4.36. The van der Waals surface area contributed by atoms with Crippen LogP contribution >= 0.6 is 27.5 Å². The molecule has 0 spiro atoms. The molecule has 1 aliphatic heterocycles. The van der Waals surface area contributed by atoms with Gasteiger partial charge in [0.2, 0.25) is 0 Å². The van der Waals surface area contributed by atoms with Crippen LogP contribution in [-0.2, 0) is 0 Å². The molecule has 0 amide bonds. The zero-order valence-corrected chi connectivity index (χ0v) is 13.5. The summed E-state index contributed by atoms with van der Waals surface area (Å²) < 4.78 is 25.4. The second kappa shape index (κ2) is 6.24. The SMILES string of the molecule is Fc1cc(Br)cc(C(Cl)c2ccc3c(c2)OCCCO3)c1. The maximum absolute atomic E-state index is 13.5. The van der Waals surface area contributed by atoms with Crippen molar-refractivity contribution >= 4 is 27.5 Å². The molecule has 2 aromatic rings. The van der Waals surface area contributed by atoms with Crippen LogP contribution in [0.4, 0.5) is 4.39 Å². The first-order chi connectivity index (χ1) is 10.1. The van der Waals surface area contributed by atoms with Crippen LogP contribution < -0.4 is 9.47 Å². The van der Waals surface area contributed by atoms with E-state index in [0.717, 1.165) is 17.7 Å². The van der Waals surface area contributed by atoms with E-state index in [1.54, 1.807) is 0 Å². The zero-order valence-electron chi connectivity index (χ0n) is 11.1. The van der Waals surface area contributed by atoms with Gasteiger partial charge in [0, 0.05) is 10.9 Å². The Hall–Kier alpha value is -1.26. The van der Waals surface area contributed by atoms with E-state index in [0.29, 0.717) is 29.0 Å². The molecule has 2 nitrogen and oxygen atoms in total. The molecule has 21 heavy (non-hydrogen) atoms. The van der Waals surface area contributed by atoms with E-state index in [-0.39, 0.29) is 5.82 Å². The lowest BCUT2D eigenvalue weighted by Gasteiger charge is -2.14. The van der Waals surface area contributed by atoms with Gasteiger partial charge in [0.1, 0.15) is 5.82 Å². The minimum Gasteiger partial charge on any atom is -0.490 e. The van der Waals surface area contributed by atoms with Gasteiger partial charge in [-0.15, -0.1) is 11.6 Å². The average molecular weight is 372 g/mol. The number of halogens is 3. The van der Waals surface area contributed by atoms with Crippen LogP contribution in [0.5, 0.6) is 11.5 Å². The summed E-state index contributed by atoms with van der Waals surface area (Å²) in [4.78, 5) is 0. The van der Waals surface area contributed by atoms with Crippen molar-refractivity contribution in [1.82, 2.24) is 0 Å². The molecule has 1 unspecified atom stereocenters. The van der Waals surface area contributed by atoms with E-state index in [4.69, 9.17) is 21.1 Å². The predicted octanol–water partition coefficient (Wildman–Crippen LogP) is 5.08. The van der Waals surface area contributed by atoms with Crippen molar-refractivity contribution in [3.05, 3.63) is 57.8 Å². The molecule has 0 N–H and O–H groups in total. The number of benzene rings is 2. The first-order valence-corrected chi connectivity index (χ1v) is 7.86. The third-order valence-electron chi connectivity index (χ3n) is 3.24. The fourth-order valence-corrected chi connectivity index (χ4v) is 3.00. The molecular weight excluding hydrogens is 359 g/mol. The molecule has 1 aliphatic rings. The van der Waals surface area contributed by atoms with Gasteiger partial charge in [-0.25, -0.2) is 4.39 Å². The molecule has 0 aliphatic carbocycles. The molecule has 5 heteroatoms. The van der Waals surface area contributed by atoms with E-state index in [9.17, 15) is 4.39 Å². The first-order valence-electron chi connectivity index (χ1n) is 6.63. The molecule has 2 aromatic carbocycles. The molecule has 1 atom stereocenters. The van der Waals surface area contributed by atoms with Gasteiger partial charge in [-0.3, -0.25) is 0 Å². The van der Waals surface area contributed by atoms with Crippen LogP contribution in [-0.4, -0.2) is 13.2 Å². The van der Waals surface area contributed by atoms with Crippen molar-refractivity contribution < 1.29 is 13.9 Å². The third kappa shape index (κ3) is 3.33. The van der Waals surface area contributed by atoms with Gasteiger partial charge in [-0.05, 0) is 41.5 Å². The topological polar surface area (TPSA) is 18.5 Å². The van der Waals surface area contributed by atoms with Gasteiger partial charge in [0.25, 0.3) is 0 Å². The normalized spacial score (nSPS) is 15.4. The predicted molar refractivity (Wildman–Crippen MR) is 83.8 cm³/mol. The minimum atomic E-state index is -0.450. The summed E-state index contributed by atoms with van der Waals surface area (Å²) in [6, 6.07) is 10.2. The molecular formula is C16H13BrClFO2. The maximum atomic E-state index is 13.5. The number of rotatable bonds is 2. The lowest BCUT2D eigenvalue weighted by atomic mass is 10.0. The van der Waals surface area contributed by atoms with Crippen LogP contribution in [0.3, 0.4) is 0 Å². The van der Waals surface area contributed by atoms with Gasteiger partial charge in [-0.1, -0.05) is 22.0 Å². The van der Waals surface area contributed by atoms with Crippen LogP contribution in [0.15, 0.2) is 40.9 Å². The number of ether oxygens (including phenoxy) is 2. The molecule has 3 rings (SSSR count). The Morgan fingerprint density at radius 1 is 1.00 bits per heavy atom. The van der Waals surface area contributed by atoms with Crippen molar-refractivity contribution in [1.29, 1.82) is 0 Å². The molecule has 0 saturated heterocycles. The average Bonchev–Trinajstić information content (AvgIpc) is 2.69. The summed E-state index contributed by atoms with van der Waals surface area (Å²) in [5.74, 6) is 1.09. The Balaban J connectivity index is 1.94. The molecule has 0 saturated carbocycles. The maximum Gasteiger partial charge on any atom is 0.161 e. The van der Waals surface area contributed by atoms with Crippen LogP contribution in [0.1, 0.15) is 22.9 Å². The van der Waals surface area contributed by atoms with Gasteiger partial charge >= 0.3 is 0 Å². The van der Waals surface area contributed by atoms with Crippen LogP contribution in [0, 0.1) is 5.82 Å².